The normalized spacial score (nSPS) is 16.3. The molecule has 0 aliphatic carbocycles. The Morgan fingerprint density at radius 3 is 2.73 bits per heavy atom. The Kier molecular flexibility index (Phi) is 5.97. The number of carbonyl (C=O) groups is 1. The van der Waals surface area contributed by atoms with Crippen LogP contribution in [0.1, 0.15) is 35.7 Å². The van der Waals surface area contributed by atoms with Crippen molar-refractivity contribution in [2.75, 3.05) is 18.4 Å². The van der Waals surface area contributed by atoms with Crippen LogP contribution in [-0.2, 0) is 11.2 Å². The van der Waals surface area contributed by atoms with Crippen molar-refractivity contribution < 1.29 is 9.18 Å². The van der Waals surface area contributed by atoms with E-state index in [2.05, 4.69) is 15.3 Å². The van der Waals surface area contributed by atoms with E-state index >= 15 is 0 Å². The highest BCUT2D eigenvalue weighted by Crippen LogP contribution is 2.28. The van der Waals surface area contributed by atoms with E-state index in [0.29, 0.717) is 12.5 Å². The summed E-state index contributed by atoms with van der Waals surface area (Å²) < 4.78 is 13.1. The van der Waals surface area contributed by atoms with Gasteiger partial charge in [0.1, 0.15) is 5.82 Å². The first-order chi connectivity index (χ1) is 14.6. The number of rotatable bonds is 5. The molecule has 3 aromatic rings. The van der Waals surface area contributed by atoms with Crippen LogP contribution in [0.2, 0.25) is 0 Å². The fourth-order valence-corrected chi connectivity index (χ4v) is 3.80. The minimum Gasteiger partial charge on any atom is -0.342 e. The SMILES string of the molecule is Cc1cc(Nc2ncccn2)cc([C@@H]2CCCN(C(=O)Cc3ccc(F)cc3)C2)n1. The van der Waals surface area contributed by atoms with Gasteiger partial charge in [-0.3, -0.25) is 9.78 Å². The van der Waals surface area contributed by atoms with E-state index in [1.54, 1.807) is 30.6 Å². The Hall–Kier alpha value is -3.35. The molecule has 1 amide bonds. The lowest BCUT2D eigenvalue weighted by Crippen LogP contribution is -2.40. The second-order valence-electron chi connectivity index (χ2n) is 7.60. The molecular formula is C23H24FN5O. The third kappa shape index (κ3) is 4.97. The smallest absolute Gasteiger partial charge is 0.227 e. The maximum absolute atomic E-state index is 13.1. The van der Waals surface area contributed by atoms with Gasteiger partial charge in [0.05, 0.1) is 6.42 Å². The molecule has 6 nitrogen and oxygen atoms in total. The first kappa shape index (κ1) is 19.9. The van der Waals surface area contributed by atoms with E-state index in [9.17, 15) is 9.18 Å². The summed E-state index contributed by atoms with van der Waals surface area (Å²) in [5.74, 6) is 0.483. The monoisotopic (exact) mass is 405 g/mol. The van der Waals surface area contributed by atoms with E-state index in [1.165, 1.54) is 12.1 Å². The van der Waals surface area contributed by atoms with Crippen LogP contribution in [-0.4, -0.2) is 38.8 Å². The second kappa shape index (κ2) is 8.98. The number of benzene rings is 1. The molecular weight excluding hydrogens is 381 g/mol. The number of nitrogens with one attached hydrogen (secondary N) is 1. The summed E-state index contributed by atoms with van der Waals surface area (Å²) in [4.78, 5) is 27.8. The molecule has 0 saturated carbocycles. The highest BCUT2D eigenvalue weighted by atomic mass is 19.1. The molecule has 0 unspecified atom stereocenters. The molecule has 0 bridgehead atoms. The summed E-state index contributed by atoms with van der Waals surface area (Å²) in [7, 11) is 0. The highest BCUT2D eigenvalue weighted by Gasteiger charge is 2.26. The van der Waals surface area contributed by atoms with Gasteiger partial charge in [-0.05, 0) is 55.7 Å². The number of amides is 1. The zero-order valence-electron chi connectivity index (χ0n) is 16.9. The Morgan fingerprint density at radius 2 is 1.97 bits per heavy atom. The number of halogens is 1. The van der Waals surface area contributed by atoms with Crippen molar-refractivity contribution in [2.24, 2.45) is 0 Å². The lowest BCUT2D eigenvalue weighted by Gasteiger charge is -2.33. The maximum atomic E-state index is 13.1. The summed E-state index contributed by atoms with van der Waals surface area (Å²) in [6.07, 6.45) is 5.58. The lowest BCUT2D eigenvalue weighted by molar-refractivity contribution is -0.131. The Morgan fingerprint density at radius 1 is 1.20 bits per heavy atom. The van der Waals surface area contributed by atoms with Crippen molar-refractivity contribution in [3.63, 3.8) is 0 Å². The molecule has 1 aromatic carbocycles. The molecule has 1 N–H and O–H groups in total. The van der Waals surface area contributed by atoms with Gasteiger partial charge >= 0.3 is 0 Å². The molecule has 4 rings (SSSR count). The molecule has 1 aliphatic heterocycles. The minimum atomic E-state index is -0.292. The maximum Gasteiger partial charge on any atom is 0.227 e. The lowest BCUT2D eigenvalue weighted by atomic mass is 9.93. The summed E-state index contributed by atoms with van der Waals surface area (Å²) in [6, 6.07) is 11.9. The summed E-state index contributed by atoms with van der Waals surface area (Å²) in [6.45, 7) is 3.34. The first-order valence-electron chi connectivity index (χ1n) is 10.1. The Labute approximate surface area is 175 Å². The highest BCUT2D eigenvalue weighted by molar-refractivity contribution is 5.79. The van der Waals surface area contributed by atoms with Crippen molar-refractivity contribution in [1.29, 1.82) is 0 Å². The van der Waals surface area contributed by atoms with Crippen LogP contribution in [0.15, 0.2) is 54.9 Å². The predicted octanol–water partition coefficient (Wildman–Crippen LogP) is 4.01. The predicted molar refractivity (Wildman–Crippen MR) is 113 cm³/mol. The zero-order chi connectivity index (χ0) is 20.9. The van der Waals surface area contributed by atoms with Crippen molar-refractivity contribution in [2.45, 2.75) is 32.1 Å². The number of aryl methyl sites for hydroxylation is 1. The van der Waals surface area contributed by atoms with Gasteiger partial charge in [0.15, 0.2) is 0 Å². The third-order valence-electron chi connectivity index (χ3n) is 5.26. The van der Waals surface area contributed by atoms with Gasteiger partial charge in [0, 0.05) is 48.5 Å². The number of nitrogens with zero attached hydrogens (tertiary/aromatic N) is 4. The molecule has 1 atom stereocenters. The van der Waals surface area contributed by atoms with Crippen LogP contribution in [0.5, 0.6) is 0 Å². The fourth-order valence-electron chi connectivity index (χ4n) is 3.80. The van der Waals surface area contributed by atoms with Crippen molar-refractivity contribution >= 4 is 17.5 Å². The molecule has 2 aromatic heterocycles. The first-order valence-corrected chi connectivity index (χ1v) is 10.1. The number of pyridine rings is 1. The van der Waals surface area contributed by atoms with E-state index in [1.807, 2.05) is 24.0 Å². The zero-order valence-corrected chi connectivity index (χ0v) is 16.9. The number of likely N-dealkylation sites (tertiary alicyclic amines) is 1. The second-order valence-corrected chi connectivity index (χ2v) is 7.60. The Bertz CT molecular complexity index is 1010. The molecule has 154 valence electrons. The molecule has 1 aliphatic rings. The van der Waals surface area contributed by atoms with Crippen molar-refractivity contribution in [1.82, 2.24) is 19.9 Å². The van der Waals surface area contributed by atoms with Crippen LogP contribution in [0.3, 0.4) is 0 Å². The number of carbonyl (C=O) groups excluding carboxylic acids is 1. The van der Waals surface area contributed by atoms with E-state index in [0.717, 1.165) is 42.0 Å². The average Bonchev–Trinajstić information content (AvgIpc) is 2.76. The van der Waals surface area contributed by atoms with Crippen LogP contribution in [0.25, 0.3) is 0 Å². The molecule has 3 heterocycles. The van der Waals surface area contributed by atoms with Crippen LogP contribution in [0.4, 0.5) is 16.0 Å². The summed E-state index contributed by atoms with van der Waals surface area (Å²) >= 11 is 0. The molecule has 7 heteroatoms. The number of piperidine rings is 1. The topological polar surface area (TPSA) is 71.0 Å². The van der Waals surface area contributed by atoms with Gasteiger partial charge < -0.3 is 10.2 Å². The van der Waals surface area contributed by atoms with Gasteiger partial charge in [0.25, 0.3) is 0 Å². The van der Waals surface area contributed by atoms with E-state index in [4.69, 9.17) is 4.98 Å². The molecule has 30 heavy (non-hydrogen) atoms. The average molecular weight is 405 g/mol. The summed E-state index contributed by atoms with van der Waals surface area (Å²) in [5, 5.41) is 3.22. The van der Waals surface area contributed by atoms with Crippen molar-refractivity contribution in [3.05, 3.63) is 77.6 Å². The molecule has 0 spiro atoms. The van der Waals surface area contributed by atoms with Gasteiger partial charge in [-0.15, -0.1) is 0 Å². The van der Waals surface area contributed by atoms with Gasteiger partial charge in [-0.2, -0.15) is 0 Å². The van der Waals surface area contributed by atoms with Gasteiger partial charge in [-0.1, -0.05) is 12.1 Å². The number of aromatic nitrogens is 3. The van der Waals surface area contributed by atoms with Gasteiger partial charge in [0.2, 0.25) is 11.9 Å². The summed E-state index contributed by atoms with van der Waals surface area (Å²) in [5.41, 5.74) is 3.58. The minimum absolute atomic E-state index is 0.0648. The quantitative estimate of drug-likeness (QED) is 0.694. The Balaban J connectivity index is 1.46. The number of anilines is 2. The standard InChI is InChI=1S/C23H24FN5O/c1-16-12-20(28-23-25-9-3-10-26-23)14-21(27-16)18-4-2-11-29(15-18)22(30)13-17-5-7-19(24)8-6-17/h3,5-10,12,14,18H,2,4,11,13,15H2,1H3,(H,25,26,27,28)/t18-/m1/s1. The molecule has 1 saturated heterocycles. The van der Waals surface area contributed by atoms with Gasteiger partial charge in [-0.25, -0.2) is 14.4 Å². The number of hydrogen-bond acceptors (Lipinski definition) is 5. The van der Waals surface area contributed by atoms with Crippen LogP contribution < -0.4 is 5.32 Å². The van der Waals surface area contributed by atoms with Crippen molar-refractivity contribution in [3.8, 4) is 0 Å². The largest absolute Gasteiger partial charge is 0.342 e. The van der Waals surface area contributed by atoms with Crippen LogP contribution >= 0.6 is 0 Å². The number of hydrogen-bond donors (Lipinski definition) is 1. The van der Waals surface area contributed by atoms with E-state index in [-0.39, 0.29) is 24.1 Å². The molecule has 0 radical (unpaired) electrons. The molecule has 1 fully saturated rings. The fraction of sp³-hybridized carbons (Fsp3) is 0.304. The third-order valence-corrected chi connectivity index (χ3v) is 5.26. The van der Waals surface area contributed by atoms with Crippen LogP contribution in [0, 0.1) is 12.7 Å². The van der Waals surface area contributed by atoms with E-state index < -0.39 is 0 Å².